The van der Waals surface area contributed by atoms with Crippen molar-refractivity contribution in [1.82, 2.24) is 20.5 Å². The number of H-pyrrole nitrogens is 1. The highest BCUT2D eigenvalue weighted by Gasteiger charge is 2.15. The molecule has 92 valence electrons. The standard InChI is InChI=1S/C12H13N5O/c18-12(11-14-7-15-17-11)16-10-3-1-2-8-6-13-5-4-9(8)10/h1-3,7,13H,4-6H2,(H,16,18)(H,14,15,17). The Kier molecular flexibility index (Phi) is 2.77. The Morgan fingerprint density at radius 2 is 2.33 bits per heavy atom. The van der Waals surface area contributed by atoms with Crippen LogP contribution in [-0.4, -0.2) is 27.6 Å². The molecule has 6 nitrogen and oxygen atoms in total. The van der Waals surface area contributed by atoms with Crippen molar-refractivity contribution in [2.45, 2.75) is 13.0 Å². The van der Waals surface area contributed by atoms with Crippen molar-refractivity contribution in [1.29, 1.82) is 0 Å². The minimum Gasteiger partial charge on any atom is -0.319 e. The minimum atomic E-state index is -0.264. The minimum absolute atomic E-state index is 0.224. The first-order valence-electron chi connectivity index (χ1n) is 5.83. The number of carbonyl (C=O) groups is 1. The third-order valence-electron chi connectivity index (χ3n) is 3.02. The molecule has 0 atom stereocenters. The van der Waals surface area contributed by atoms with Crippen LogP contribution in [0.5, 0.6) is 0 Å². The predicted octanol–water partition coefficient (Wildman–Crippen LogP) is 0.703. The largest absolute Gasteiger partial charge is 0.319 e. The maximum absolute atomic E-state index is 11.9. The molecule has 0 saturated carbocycles. The van der Waals surface area contributed by atoms with Gasteiger partial charge in [0.2, 0.25) is 5.82 Å². The fourth-order valence-corrected chi connectivity index (χ4v) is 2.15. The first kappa shape index (κ1) is 10.9. The van der Waals surface area contributed by atoms with Crippen molar-refractivity contribution >= 4 is 11.6 Å². The van der Waals surface area contributed by atoms with Crippen molar-refractivity contribution in [3.05, 3.63) is 41.5 Å². The Hall–Kier alpha value is -2.21. The summed E-state index contributed by atoms with van der Waals surface area (Å²) in [4.78, 5) is 15.7. The van der Waals surface area contributed by atoms with Crippen LogP contribution in [0.3, 0.4) is 0 Å². The van der Waals surface area contributed by atoms with Gasteiger partial charge in [-0.3, -0.25) is 9.89 Å². The van der Waals surface area contributed by atoms with Crippen molar-refractivity contribution in [3.63, 3.8) is 0 Å². The summed E-state index contributed by atoms with van der Waals surface area (Å²) in [5, 5.41) is 12.4. The second kappa shape index (κ2) is 4.58. The lowest BCUT2D eigenvalue weighted by Gasteiger charge is -2.20. The van der Waals surface area contributed by atoms with E-state index in [2.05, 4.69) is 31.9 Å². The molecule has 2 heterocycles. The zero-order valence-corrected chi connectivity index (χ0v) is 9.73. The number of hydrogen-bond acceptors (Lipinski definition) is 4. The molecule has 1 aliphatic rings. The number of nitrogens with one attached hydrogen (secondary N) is 3. The van der Waals surface area contributed by atoms with E-state index in [1.165, 1.54) is 17.5 Å². The first-order valence-corrected chi connectivity index (χ1v) is 5.83. The van der Waals surface area contributed by atoms with Crippen LogP contribution in [0.25, 0.3) is 0 Å². The zero-order valence-electron chi connectivity index (χ0n) is 9.73. The van der Waals surface area contributed by atoms with Gasteiger partial charge in [0, 0.05) is 12.2 Å². The first-order chi connectivity index (χ1) is 8.84. The van der Waals surface area contributed by atoms with Crippen LogP contribution < -0.4 is 10.6 Å². The second-order valence-corrected chi connectivity index (χ2v) is 4.16. The predicted molar refractivity (Wildman–Crippen MR) is 66.2 cm³/mol. The van der Waals surface area contributed by atoms with Gasteiger partial charge in [-0.15, -0.1) is 0 Å². The summed E-state index contributed by atoms with van der Waals surface area (Å²) in [5.41, 5.74) is 3.29. The topological polar surface area (TPSA) is 82.7 Å². The molecule has 0 fully saturated rings. The lowest BCUT2D eigenvalue weighted by molar-refractivity contribution is 0.101. The summed E-state index contributed by atoms with van der Waals surface area (Å²) in [7, 11) is 0. The van der Waals surface area contributed by atoms with Crippen LogP contribution in [0.15, 0.2) is 24.5 Å². The molecule has 0 aliphatic carbocycles. The molecule has 2 aromatic rings. The van der Waals surface area contributed by atoms with Crippen molar-refractivity contribution < 1.29 is 4.79 Å². The van der Waals surface area contributed by atoms with Gasteiger partial charge in [-0.05, 0) is 30.2 Å². The van der Waals surface area contributed by atoms with E-state index in [9.17, 15) is 4.79 Å². The molecule has 1 aromatic carbocycles. The monoisotopic (exact) mass is 243 g/mol. The SMILES string of the molecule is O=C(Nc1cccc2c1CCNC2)c1ncn[nH]1. The Morgan fingerprint density at radius 3 is 3.17 bits per heavy atom. The number of aromatic nitrogens is 3. The number of aromatic amines is 1. The quantitative estimate of drug-likeness (QED) is 0.725. The van der Waals surface area contributed by atoms with Gasteiger partial charge in [0.25, 0.3) is 5.91 Å². The number of nitrogens with zero attached hydrogens (tertiary/aromatic N) is 2. The Labute approximate surface area is 104 Å². The number of amides is 1. The molecule has 0 radical (unpaired) electrons. The smallest absolute Gasteiger partial charge is 0.292 e. The van der Waals surface area contributed by atoms with E-state index in [4.69, 9.17) is 0 Å². The van der Waals surface area contributed by atoms with Crippen LogP contribution in [0, 0.1) is 0 Å². The Bertz CT molecular complexity index is 564. The molecule has 3 rings (SSSR count). The second-order valence-electron chi connectivity index (χ2n) is 4.16. The average molecular weight is 243 g/mol. The molecular weight excluding hydrogens is 230 g/mol. The van der Waals surface area contributed by atoms with Crippen LogP contribution in [0.1, 0.15) is 21.7 Å². The van der Waals surface area contributed by atoms with Gasteiger partial charge in [-0.2, -0.15) is 5.10 Å². The molecule has 0 bridgehead atoms. The molecule has 1 aliphatic heterocycles. The maximum atomic E-state index is 11.9. The Balaban J connectivity index is 1.87. The number of rotatable bonds is 2. The van der Waals surface area contributed by atoms with Crippen molar-refractivity contribution in [3.8, 4) is 0 Å². The van der Waals surface area contributed by atoms with Crippen molar-refractivity contribution in [2.75, 3.05) is 11.9 Å². The lowest BCUT2D eigenvalue weighted by atomic mass is 9.99. The fourth-order valence-electron chi connectivity index (χ4n) is 2.15. The van der Waals surface area contributed by atoms with Gasteiger partial charge in [0.15, 0.2) is 0 Å². The molecule has 0 unspecified atom stereocenters. The molecule has 1 amide bonds. The maximum Gasteiger partial charge on any atom is 0.292 e. The highest BCUT2D eigenvalue weighted by Crippen LogP contribution is 2.23. The molecular formula is C12H13N5O. The van der Waals surface area contributed by atoms with Crippen molar-refractivity contribution in [2.24, 2.45) is 0 Å². The number of carbonyl (C=O) groups excluding carboxylic acids is 1. The number of hydrogen-bond donors (Lipinski definition) is 3. The van der Waals surface area contributed by atoms with E-state index in [1.807, 2.05) is 12.1 Å². The van der Waals surface area contributed by atoms with Crippen LogP contribution >= 0.6 is 0 Å². The highest BCUT2D eigenvalue weighted by atomic mass is 16.2. The zero-order chi connectivity index (χ0) is 12.4. The number of anilines is 1. The van der Waals surface area contributed by atoms with Crippen LogP contribution in [0.4, 0.5) is 5.69 Å². The third-order valence-corrected chi connectivity index (χ3v) is 3.02. The normalized spacial score (nSPS) is 14.0. The summed E-state index contributed by atoms with van der Waals surface area (Å²) in [5.74, 6) is -0.0408. The molecule has 18 heavy (non-hydrogen) atoms. The van der Waals surface area contributed by atoms with E-state index in [1.54, 1.807) is 0 Å². The van der Waals surface area contributed by atoms with Gasteiger partial charge < -0.3 is 10.6 Å². The highest BCUT2D eigenvalue weighted by molar-refractivity contribution is 6.02. The summed E-state index contributed by atoms with van der Waals surface area (Å²) in [6.07, 6.45) is 2.24. The summed E-state index contributed by atoms with van der Waals surface area (Å²) in [6.45, 7) is 1.78. The molecule has 1 aromatic heterocycles. The van der Waals surface area contributed by atoms with E-state index < -0.39 is 0 Å². The lowest BCUT2D eigenvalue weighted by Crippen LogP contribution is -2.25. The van der Waals surface area contributed by atoms with Gasteiger partial charge in [-0.25, -0.2) is 4.98 Å². The average Bonchev–Trinajstić information content (AvgIpc) is 2.93. The summed E-state index contributed by atoms with van der Waals surface area (Å²) >= 11 is 0. The van der Waals surface area contributed by atoms with Crippen LogP contribution in [0.2, 0.25) is 0 Å². The Morgan fingerprint density at radius 1 is 1.39 bits per heavy atom. The summed E-state index contributed by atoms with van der Waals surface area (Å²) < 4.78 is 0. The van der Waals surface area contributed by atoms with Gasteiger partial charge in [-0.1, -0.05) is 12.1 Å². The number of benzene rings is 1. The van der Waals surface area contributed by atoms with Gasteiger partial charge in [0.05, 0.1) is 0 Å². The van der Waals surface area contributed by atoms with Gasteiger partial charge >= 0.3 is 0 Å². The molecule has 6 heteroatoms. The summed E-state index contributed by atoms with van der Waals surface area (Å²) in [6, 6.07) is 5.94. The van der Waals surface area contributed by atoms with E-state index in [0.717, 1.165) is 25.2 Å². The molecule has 0 spiro atoms. The van der Waals surface area contributed by atoms with Crippen LogP contribution in [-0.2, 0) is 13.0 Å². The molecule has 3 N–H and O–H groups in total. The molecule has 0 saturated heterocycles. The van der Waals surface area contributed by atoms with E-state index >= 15 is 0 Å². The third kappa shape index (κ3) is 1.98. The fraction of sp³-hybridized carbons (Fsp3) is 0.250. The van der Waals surface area contributed by atoms with E-state index in [0.29, 0.717) is 0 Å². The number of fused-ring (bicyclic) bond motifs is 1. The van der Waals surface area contributed by atoms with E-state index in [-0.39, 0.29) is 11.7 Å². The van der Waals surface area contributed by atoms with Gasteiger partial charge in [0.1, 0.15) is 6.33 Å².